The molecule has 26 heavy (non-hydrogen) atoms. The van der Waals surface area contributed by atoms with Gasteiger partial charge in [-0.3, -0.25) is 4.79 Å². The Balaban J connectivity index is 2.06. The SMILES string of the molecule is CCc1ccc(C(C)N/C=C(/C#N)C(=O)Nc2ccc(N)cc2Cl)cc1. The van der Waals surface area contributed by atoms with Crippen molar-refractivity contribution in [1.29, 1.82) is 5.26 Å². The molecule has 0 heterocycles. The molecule has 2 rings (SSSR count). The average Bonchev–Trinajstić information content (AvgIpc) is 2.64. The standard InChI is InChI=1S/C20H21ClN4O/c1-3-14-4-6-15(7-5-14)13(2)24-12-16(11-22)20(26)25-19-9-8-17(23)10-18(19)21/h4-10,12-13,24H,3,23H2,1-2H3,(H,25,26)/b16-12-. The number of carbonyl (C=O) groups is 1. The quantitative estimate of drug-likeness (QED) is 0.405. The van der Waals surface area contributed by atoms with E-state index in [1.165, 1.54) is 17.8 Å². The lowest BCUT2D eigenvalue weighted by atomic mass is 10.1. The maximum atomic E-state index is 12.3. The van der Waals surface area contributed by atoms with E-state index in [9.17, 15) is 10.1 Å². The second kappa shape index (κ2) is 8.93. The molecule has 5 nitrogen and oxygen atoms in total. The summed E-state index contributed by atoms with van der Waals surface area (Å²) in [6.07, 6.45) is 2.40. The number of benzene rings is 2. The number of amides is 1. The Morgan fingerprint density at radius 3 is 2.58 bits per heavy atom. The smallest absolute Gasteiger partial charge is 0.267 e. The van der Waals surface area contributed by atoms with E-state index >= 15 is 0 Å². The molecule has 0 aliphatic carbocycles. The van der Waals surface area contributed by atoms with E-state index in [2.05, 4.69) is 29.7 Å². The number of hydrogen-bond acceptors (Lipinski definition) is 4. The number of nitrogen functional groups attached to an aromatic ring is 1. The molecule has 0 bridgehead atoms. The Morgan fingerprint density at radius 2 is 2.00 bits per heavy atom. The van der Waals surface area contributed by atoms with Crippen molar-refractivity contribution in [2.45, 2.75) is 26.3 Å². The lowest BCUT2D eigenvalue weighted by Gasteiger charge is -2.13. The Kier molecular flexibility index (Phi) is 6.65. The molecule has 2 aromatic carbocycles. The number of nitrogens with zero attached hydrogens (tertiary/aromatic N) is 1. The fraction of sp³-hybridized carbons (Fsp3) is 0.200. The van der Waals surface area contributed by atoms with E-state index in [0.717, 1.165) is 12.0 Å². The van der Waals surface area contributed by atoms with Gasteiger partial charge in [-0.15, -0.1) is 0 Å². The molecule has 0 aliphatic heterocycles. The molecule has 1 unspecified atom stereocenters. The Labute approximate surface area is 158 Å². The van der Waals surface area contributed by atoms with Crippen molar-refractivity contribution in [3.63, 3.8) is 0 Å². The van der Waals surface area contributed by atoms with Crippen LogP contribution in [0.5, 0.6) is 0 Å². The maximum Gasteiger partial charge on any atom is 0.267 e. The van der Waals surface area contributed by atoms with Crippen LogP contribution >= 0.6 is 11.6 Å². The average molecular weight is 369 g/mol. The van der Waals surface area contributed by atoms with Crippen LogP contribution in [0, 0.1) is 11.3 Å². The highest BCUT2D eigenvalue weighted by Gasteiger charge is 2.12. The van der Waals surface area contributed by atoms with Crippen molar-refractivity contribution in [2.75, 3.05) is 11.1 Å². The summed E-state index contributed by atoms with van der Waals surface area (Å²) in [7, 11) is 0. The highest BCUT2D eigenvalue weighted by molar-refractivity contribution is 6.34. The summed E-state index contributed by atoms with van der Waals surface area (Å²) in [5.41, 5.74) is 8.80. The van der Waals surface area contributed by atoms with Gasteiger partial charge in [0.25, 0.3) is 5.91 Å². The highest BCUT2D eigenvalue weighted by atomic mass is 35.5. The number of nitrogens with one attached hydrogen (secondary N) is 2. The zero-order valence-corrected chi connectivity index (χ0v) is 15.5. The van der Waals surface area contributed by atoms with E-state index in [0.29, 0.717) is 16.4 Å². The largest absolute Gasteiger partial charge is 0.399 e. The number of halogens is 1. The van der Waals surface area contributed by atoms with Crippen LogP contribution in [0.2, 0.25) is 5.02 Å². The summed E-state index contributed by atoms with van der Waals surface area (Å²) in [4.78, 5) is 12.3. The molecule has 6 heteroatoms. The molecule has 0 saturated heterocycles. The number of nitrogens with two attached hydrogens (primary N) is 1. The first kappa shape index (κ1) is 19.4. The van der Waals surface area contributed by atoms with Crippen molar-refractivity contribution >= 4 is 28.9 Å². The molecule has 1 atom stereocenters. The van der Waals surface area contributed by atoms with E-state index in [-0.39, 0.29) is 11.6 Å². The van der Waals surface area contributed by atoms with Gasteiger partial charge in [0, 0.05) is 17.9 Å². The van der Waals surface area contributed by atoms with Crippen molar-refractivity contribution in [3.05, 3.63) is 70.4 Å². The molecule has 1 amide bonds. The van der Waals surface area contributed by atoms with E-state index in [1.54, 1.807) is 12.1 Å². The molecule has 0 fully saturated rings. The van der Waals surface area contributed by atoms with Crippen LogP contribution in [0.3, 0.4) is 0 Å². The van der Waals surface area contributed by atoms with E-state index < -0.39 is 5.91 Å². The molecule has 134 valence electrons. The molecule has 4 N–H and O–H groups in total. The third-order valence-electron chi connectivity index (χ3n) is 3.97. The summed E-state index contributed by atoms with van der Waals surface area (Å²) in [5, 5.41) is 15.3. The van der Waals surface area contributed by atoms with Gasteiger partial charge in [-0.2, -0.15) is 5.26 Å². The zero-order valence-electron chi connectivity index (χ0n) is 14.7. The fourth-order valence-electron chi connectivity index (χ4n) is 2.32. The fourth-order valence-corrected chi connectivity index (χ4v) is 2.55. The molecule has 0 aliphatic rings. The molecule has 0 radical (unpaired) electrons. The van der Waals surface area contributed by atoms with Gasteiger partial charge in [-0.25, -0.2) is 0 Å². The van der Waals surface area contributed by atoms with Gasteiger partial charge in [-0.05, 0) is 42.7 Å². The molecular weight excluding hydrogens is 348 g/mol. The van der Waals surface area contributed by atoms with Crippen LogP contribution in [0.25, 0.3) is 0 Å². The van der Waals surface area contributed by atoms with Gasteiger partial charge in [0.1, 0.15) is 11.6 Å². The maximum absolute atomic E-state index is 12.3. The Bertz CT molecular complexity index is 853. The third-order valence-corrected chi connectivity index (χ3v) is 4.28. The van der Waals surface area contributed by atoms with Crippen LogP contribution < -0.4 is 16.4 Å². The summed E-state index contributed by atoms with van der Waals surface area (Å²) in [5.74, 6) is -0.541. The third kappa shape index (κ3) is 5.01. The second-order valence-electron chi connectivity index (χ2n) is 5.85. The van der Waals surface area contributed by atoms with Crippen molar-refractivity contribution in [1.82, 2.24) is 5.32 Å². The summed E-state index contributed by atoms with van der Waals surface area (Å²) in [6, 6.07) is 14.8. The van der Waals surface area contributed by atoms with Gasteiger partial charge < -0.3 is 16.4 Å². The van der Waals surface area contributed by atoms with Gasteiger partial charge in [0.2, 0.25) is 0 Å². The lowest BCUT2D eigenvalue weighted by Crippen LogP contribution is -2.18. The minimum atomic E-state index is -0.541. The number of rotatable bonds is 6. The topological polar surface area (TPSA) is 90.9 Å². The number of hydrogen-bond donors (Lipinski definition) is 3. The van der Waals surface area contributed by atoms with Crippen molar-refractivity contribution < 1.29 is 4.79 Å². The van der Waals surface area contributed by atoms with Gasteiger partial charge in [0.15, 0.2) is 0 Å². The Hall–Kier alpha value is -2.97. The first-order valence-electron chi connectivity index (χ1n) is 8.26. The predicted molar refractivity (Wildman–Crippen MR) is 106 cm³/mol. The van der Waals surface area contributed by atoms with Crippen LogP contribution in [-0.4, -0.2) is 5.91 Å². The van der Waals surface area contributed by atoms with Crippen LogP contribution in [0.1, 0.15) is 31.0 Å². The monoisotopic (exact) mass is 368 g/mol. The van der Waals surface area contributed by atoms with E-state index in [1.807, 2.05) is 25.1 Å². The highest BCUT2D eigenvalue weighted by Crippen LogP contribution is 2.24. The summed E-state index contributed by atoms with van der Waals surface area (Å²) in [6.45, 7) is 4.06. The lowest BCUT2D eigenvalue weighted by molar-refractivity contribution is -0.112. The van der Waals surface area contributed by atoms with Gasteiger partial charge >= 0.3 is 0 Å². The van der Waals surface area contributed by atoms with Crippen LogP contribution in [-0.2, 0) is 11.2 Å². The molecule has 0 spiro atoms. The Morgan fingerprint density at radius 1 is 1.31 bits per heavy atom. The molecular formula is C20H21ClN4O. The van der Waals surface area contributed by atoms with Crippen LogP contribution in [0.4, 0.5) is 11.4 Å². The van der Waals surface area contributed by atoms with Crippen molar-refractivity contribution in [3.8, 4) is 6.07 Å². The normalized spacial score (nSPS) is 12.2. The molecule has 2 aromatic rings. The number of anilines is 2. The molecule has 0 aromatic heterocycles. The van der Waals surface area contributed by atoms with Crippen molar-refractivity contribution in [2.24, 2.45) is 0 Å². The summed E-state index contributed by atoms with van der Waals surface area (Å²) >= 11 is 6.04. The number of carbonyl (C=O) groups excluding carboxylic acids is 1. The number of nitriles is 1. The van der Waals surface area contributed by atoms with Gasteiger partial charge in [0.05, 0.1) is 10.7 Å². The first-order valence-corrected chi connectivity index (χ1v) is 8.64. The van der Waals surface area contributed by atoms with Gasteiger partial charge in [-0.1, -0.05) is 42.8 Å². The van der Waals surface area contributed by atoms with E-state index in [4.69, 9.17) is 17.3 Å². The van der Waals surface area contributed by atoms with Crippen LogP contribution in [0.15, 0.2) is 54.2 Å². The minimum Gasteiger partial charge on any atom is -0.399 e. The second-order valence-corrected chi connectivity index (χ2v) is 6.25. The predicted octanol–water partition coefficient (Wildman–Crippen LogP) is 4.18. The number of aryl methyl sites for hydroxylation is 1. The minimum absolute atomic E-state index is 0.0443. The molecule has 0 saturated carbocycles. The zero-order chi connectivity index (χ0) is 19.1. The first-order chi connectivity index (χ1) is 12.4. The summed E-state index contributed by atoms with van der Waals surface area (Å²) < 4.78 is 0.